The highest BCUT2D eigenvalue weighted by Crippen LogP contribution is 2.32. The molecule has 2 heterocycles. The van der Waals surface area contributed by atoms with Gasteiger partial charge in [-0.1, -0.05) is 17.7 Å². The first kappa shape index (κ1) is 13.5. The van der Waals surface area contributed by atoms with E-state index in [0.29, 0.717) is 0 Å². The predicted octanol–water partition coefficient (Wildman–Crippen LogP) is 0.510. The van der Waals surface area contributed by atoms with Crippen LogP contribution in [0.25, 0.3) is 16.5 Å². The molecule has 0 aliphatic carbocycles. The van der Waals surface area contributed by atoms with Gasteiger partial charge in [0.15, 0.2) is 0 Å². The van der Waals surface area contributed by atoms with Crippen LogP contribution in [-0.2, 0) is 0 Å². The molecule has 2 nitrogen and oxygen atoms in total. The van der Waals surface area contributed by atoms with E-state index >= 15 is 0 Å². The topological polar surface area (TPSA) is 27.8 Å². The Hall–Kier alpha value is -0.960. The van der Waals surface area contributed by atoms with Gasteiger partial charge in [0, 0.05) is 33.7 Å². The third kappa shape index (κ3) is 2.28. The van der Waals surface area contributed by atoms with E-state index in [1.54, 1.807) is 0 Å². The first-order valence-electron chi connectivity index (χ1n) is 5.93. The van der Waals surface area contributed by atoms with Crippen molar-refractivity contribution in [1.29, 1.82) is 0 Å². The number of nitrogens with one attached hydrogen (secondary N) is 2. The van der Waals surface area contributed by atoms with Crippen molar-refractivity contribution < 1.29 is 12.4 Å². The van der Waals surface area contributed by atoms with E-state index in [1.807, 2.05) is 6.07 Å². The van der Waals surface area contributed by atoms with E-state index in [9.17, 15) is 0 Å². The normalized spacial score (nSPS) is 15.3. The van der Waals surface area contributed by atoms with Crippen LogP contribution in [0.2, 0.25) is 5.02 Å². The van der Waals surface area contributed by atoms with Gasteiger partial charge in [-0.2, -0.15) is 0 Å². The number of aryl methyl sites for hydroxylation is 1. The molecule has 1 aromatic heterocycles. The van der Waals surface area contributed by atoms with Crippen LogP contribution < -0.4 is 17.7 Å². The summed E-state index contributed by atoms with van der Waals surface area (Å²) in [5, 5.41) is 5.38. The van der Waals surface area contributed by atoms with Gasteiger partial charge in [0.2, 0.25) is 0 Å². The Morgan fingerprint density at radius 3 is 2.83 bits per heavy atom. The van der Waals surface area contributed by atoms with E-state index in [2.05, 4.69) is 35.4 Å². The highest BCUT2D eigenvalue weighted by atomic mass is 35.5. The van der Waals surface area contributed by atoms with Crippen LogP contribution in [0, 0.1) is 6.92 Å². The minimum atomic E-state index is 0. The van der Waals surface area contributed by atoms with Crippen molar-refractivity contribution in [1.82, 2.24) is 10.3 Å². The second-order valence-electron chi connectivity index (χ2n) is 4.50. The molecule has 1 aliphatic heterocycles. The Balaban J connectivity index is 0.00000120. The molecule has 96 valence electrons. The second kappa shape index (κ2) is 5.35. The van der Waals surface area contributed by atoms with Crippen molar-refractivity contribution in [2.75, 3.05) is 13.1 Å². The van der Waals surface area contributed by atoms with Crippen molar-refractivity contribution in [3.63, 3.8) is 0 Å². The molecule has 0 fully saturated rings. The average Bonchev–Trinajstić information content (AvgIpc) is 2.65. The largest absolute Gasteiger partial charge is 1.00 e. The number of aromatic nitrogens is 1. The molecule has 0 unspecified atom stereocenters. The Kier molecular flexibility index (Phi) is 4.00. The summed E-state index contributed by atoms with van der Waals surface area (Å²) in [6.07, 6.45) is 3.36. The van der Waals surface area contributed by atoms with Crippen molar-refractivity contribution in [2.24, 2.45) is 0 Å². The van der Waals surface area contributed by atoms with Gasteiger partial charge in [0.1, 0.15) is 0 Å². The molecule has 0 saturated heterocycles. The molecule has 3 rings (SSSR count). The molecular weight excluding hydrogens is 267 g/mol. The van der Waals surface area contributed by atoms with E-state index in [4.69, 9.17) is 11.6 Å². The molecule has 0 spiro atoms. The van der Waals surface area contributed by atoms with Crippen LogP contribution in [0.5, 0.6) is 0 Å². The fourth-order valence-corrected chi connectivity index (χ4v) is 2.73. The minimum Gasteiger partial charge on any atom is -1.00 e. The van der Waals surface area contributed by atoms with Crippen LogP contribution in [-0.4, -0.2) is 18.1 Å². The molecule has 4 heteroatoms. The molecule has 1 aromatic carbocycles. The Bertz CT molecular complexity index is 599. The molecule has 1 aliphatic rings. The summed E-state index contributed by atoms with van der Waals surface area (Å²) in [5.74, 6) is 0. The number of hydrogen-bond acceptors (Lipinski definition) is 1. The molecule has 0 radical (unpaired) electrons. The SMILES string of the molecule is Cc1[nH]c2ccc(Cl)cc2c1C1=CCNCC1.[Cl-]. The molecular formula is C14H15Cl2N2-. The zero-order valence-corrected chi connectivity index (χ0v) is 11.7. The lowest BCUT2D eigenvalue weighted by molar-refractivity contribution is -0.00000345. The zero-order valence-electron chi connectivity index (χ0n) is 10.2. The van der Waals surface area contributed by atoms with Crippen molar-refractivity contribution in [2.45, 2.75) is 13.3 Å². The van der Waals surface area contributed by atoms with Crippen LogP contribution in [0.4, 0.5) is 0 Å². The molecule has 0 atom stereocenters. The average molecular weight is 282 g/mol. The molecule has 2 aromatic rings. The molecule has 2 N–H and O–H groups in total. The van der Waals surface area contributed by atoms with Gasteiger partial charge in [-0.3, -0.25) is 0 Å². The first-order valence-corrected chi connectivity index (χ1v) is 6.31. The van der Waals surface area contributed by atoms with Gasteiger partial charge in [0.25, 0.3) is 0 Å². The summed E-state index contributed by atoms with van der Waals surface area (Å²) < 4.78 is 0. The van der Waals surface area contributed by atoms with Crippen molar-refractivity contribution in [3.8, 4) is 0 Å². The van der Waals surface area contributed by atoms with Gasteiger partial charge in [0.05, 0.1) is 0 Å². The van der Waals surface area contributed by atoms with Crippen LogP contribution in [0.3, 0.4) is 0 Å². The maximum atomic E-state index is 6.09. The summed E-state index contributed by atoms with van der Waals surface area (Å²) in [6, 6.07) is 6.04. The smallest absolute Gasteiger partial charge is 0.0463 e. The highest BCUT2D eigenvalue weighted by molar-refractivity contribution is 6.31. The van der Waals surface area contributed by atoms with E-state index in [0.717, 1.165) is 24.5 Å². The van der Waals surface area contributed by atoms with Crippen LogP contribution >= 0.6 is 11.6 Å². The third-order valence-corrected chi connectivity index (χ3v) is 3.57. The maximum absolute atomic E-state index is 6.09. The molecule has 0 amide bonds. The quantitative estimate of drug-likeness (QED) is 0.784. The third-order valence-electron chi connectivity index (χ3n) is 3.33. The van der Waals surface area contributed by atoms with E-state index < -0.39 is 0 Å². The summed E-state index contributed by atoms with van der Waals surface area (Å²) in [7, 11) is 0. The number of hydrogen-bond donors (Lipinski definition) is 2. The number of benzene rings is 1. The fraction of sp³-hybridized carbons (Fsp3) is 0.286. The van der Waals surface area contributed by atoms with Crippen LogP contribution in [0.1, 0.15) is 17.7 Å². The van der Waals surface area contributed by atoms with Gasteiger partial charge in [-0.15, -0.1) is 0 Å². The molecule has 0 bridgehead atoms. The Labute approximate surface area is 118 Å². The fourth-order valence-electron chi connectivity index (χ4n) is 2.56. The van der Waals surface area contributed by atoms with E-state index in [1.165, 1.54) is 27.7 Å². The Morgan fingerprint density at radius 1 is 1.28 bits per heavy atom. The van der Waals surface area contributed by atoms with Gasteiger partial charge < -0.3 is 22.7 Å². The molecule has 18 heavy (non-hydrogen) atoms. The number of halogens is 2. The summed E-state index contributed by atoms with van der Waals surface area (Å²) in [6.45, 7) is 4.15. The number of aromatic amines is 1. The van der Waals surface area contributed by atoms with Gasteiger partial charge in [-0.05, 0) is 43.7 Å². The van der Waals surface area contributed by atoms with Gasteiger partial charge >= 0.3 is 0 Å². The number of fused-ring (bicyclic) bond motifs is 1. The second-order valence-corrected chi connectivity index (χ2v) is 4.93. The lowest BCUT2D eigenvalue weighted by Gasteiger charge is -2.14. The Morgan fingerprint density at radius 2 is 2.11 bits per heavy atom. The van der Waals surface area contributed by atoms with Crippen LogP contribution in [0.15, 0.2) is 24.3 Å². The standard InChI is InChI=1S/C14H15ClN2.ClH/c1-9-14(10-4-6-16-7-5-10)12-8-11(15)2-3-13(12)17-9;/h2-4,8,16-17H,5-7H2,1H3;1H/p-1. The van der Waals surface area contributed by atoms with Crippen molar-refractivity contribution >= 4 is 28.1 Å². The predicted molar refractivity (Wildman–Crippen MR) is 73.5 cm³/mol. The number of H-pyrrole nitrogens is 1. The highest BCUT2D eigenvalue weighted by Gasteiger charge is 2.14. The summed E-state index contributed by atoms with van der Waals surface area (Å²) in [4.78, 5) is 3.43. The minimum absolute atomic E-state index is 0. The number of rotatable bonds is 1. The summed E-state index contributed by atoms with van der Waals surface area (Å²) >= 11 is 6.09. The lowest BCUT2D eigenvalue weighted by Crippen LogP contribution is -3.00. The summed E-state index contributed by atoms with van der Waals surface area (Å²) in [5.41, 5.74) is 5.16. The van der Waals surface area contributed by atoms with E-state index in [-0.39, 0.29) is 12.4 Å². The zero-order chi connectivity index (χ0) is 11.8. The van der Waals surface area contributed by atoms with Crippen molar-refractivity contribution in [3.05, 3.63) is 40.6 Å². The maximum Gasteiger partial charge on any atom is 0.0463 e. The van der Waals surface area contributed by atoms with Gasteiger partial charge in [-0.25, -0.2) is 0 Å². The molecule has 0 saturated carbocycles. The monoisotopic (exact) mass is 281 g/mol. The lowest BCUT2D eigenvalue weighted by atomic mass is 9.97. The first-order chi connectivity index (χ1) is 8.25.